The van der Waals surface area contributed by atoms with E-state index in [0.29, 0.717) is 21.4 Å². The number of anilines is 1. The van der Waals surface area contributed by atoms with Crippen molar-refractivity contribution < 1.29 is 9.18 Å². The summed E-state index contributed by atoms with van der Waals surface area (Å²) in [5.74, 6) is -0.720. The lowest BCUT2D eigenvalue weighted by Crippen LogP contribution is -2.13. The third kappa shape index (κ3) is 3.52. The molecule has 0 bridgehead atoms. The van der Waals surface area contributed by atoms with Crippen LogP contribution in [0.5, 0.6) is 0 Å². The number of rotatable bonds is 3. The van der Waals surface area contributed by atoms with Gasteiger partial charge < -0.3 is 5.32 Å². The fourth-order valence-electron chi connectivity index (χ4n) is 1.95. The molecule has 116 valence electrons. The van der Waals surface area contributed by atoms with Crippen molar-refractivity contribution in [3.8, 4) is 5.69 Å². The van der Waals surface area contributed by atoms with Gasteiger partial charge in [-0.3, -0.25) is 4.79 Å². The summed E-state index contributed by atoms with van der Waals surface area (Å²) in [5.41, 5.74) is 1.39. The minimum absolute atomic E-state index is 0.223. The average Bonchev–Trinajstić information content (AvgIpc) is 3.02. The number of carbonyl (C=O) groups excluding carboxylic acids is 1. The highest BCUT2D eigenvalue weighted by atomic mass is 35.5. The number of halogens is 3. The number of amides is 1. The molecule has 0 aliphatic rings. The summed E-state index contributed by atoms with van der Waals surface area (Å²) < 4.78 is 14.4. The van der Waals surface area contributed by atoms with Crippen LogP contribution in [0.15, 0.2) is 54.7 Å². The third-order valence-electron chi connectivity index (χ3n) is 3.09. The van der Waals surface area contributed by atoms with Crippen molar-refractivity contribution >= 4 is 34.8 Å². The van der Waals surface area contributed by atoms with E-state index in [2.05, 4.69) is 10.4 Å². The summed E-state index contributed by atoms with van der Waals surface area (Å²) in [6, 6.07) is 12.2. The van der Waals surface area contributed by atoms with Crippen LogP contribution in [0.25, 0.3) is 5.69 Å². The largest absolute Gasteiger partial charge is 0.321 e. The van der Waals surface area contributed by atoms with Gasteiger partial charge in [0.25, 0.3) is 5.91 Å². The first kappa shape index (κ1) is 15.5. The van der Waals surface area contributed by atoms with Crippen LogP contribution in [-0.2, 0) is 0 Å². The Morgan fingerprint density at radius 1 is 1.04 bits per heavy atom. The molecule has 2 aromatic carbocycles. The Morgan fingerprint density at radius 3 is 2.48 bits per heavy atom. The van der Waals surface area contributed by atoms with Gasteiger partial charge in [0, 0.05) is 11.9 Å². The fraction of sp³-hybridized carbons (Fsp3) is 0. The average molecular weight is 350 g/mol. The van der Waals surface area contributed by atoms with E-state index in [4.69, 9.17) is 23.2 Å². The zero-order valence-corrected chi connectivity index (χ0v) is 13.1. The monoisotopic (exact) mass is 349 g/mol. The van der Waals surface area contributed by atoms with E-state index in [1.807, 2.05) is 0 Å². The van der Waals surface area contributed by atoms with Crippen molar-refractivity contribution in [3.05, 3.63) is 76.3 Å². The second-order valence-electron chi connectivity index (χ2n) is 4.70. The maximum absolute atomic E-state index is 12.9. The molecule has 0 aliphatic heterocycles. The number of hydrogen-bond donors (Lipinski definition) is 1. The maximum atomic E-state index is 12.9. The number of nitrogens with zero attached hydrogens (tertiary/aromatic N) is 2. The Labute approximate surface area is 141 Å². The number of nitrogens with one attached hydrogen (secondary N) is 1. The van der Waals surface area contributed by atoms with Crippen LogP contribution >= 0.6 is 23.2 Å². The summed E-state index contributed by atoms with van der Waals surface area (Å²) in [7, 11) is 0. The molecule has 1 amide bonds. The van der Waals surface area contributed by atoms with Crippen LogP contribution in [0, 0.1) is 5.82 Å². The first-order chi connectivity index (χ1) is 11.0. The highest BCUT2D eigenvalue weighted by Crippen LogP contribution is 2.25. The van der Waals surface area contributed by atoms with E-state index in [1.54, 1.807) is 42.6 Å². The van der Waals surface area contributed by atoms with E-state index in [1.165, 1.54) is 16.8 Å². The predicted molar refractivity (Wildman–Crippen MR) is 87.9 cm³/mol. The zero-order valence-electron chi connectivity index (χ0n) is 11.6. The van der Waals surface area contributed by atoms with E-state index in [-0.39, 0.29) is 17.4 Å². The van der Waals surface area contributed by atoms with Gasteiger partial charge in [0.1, 0.15) is 5.82 Å². The first-order valence-corrected chi connectivity index (χ1v) is 7.36. The van der Waals surface area contributed by atoms with Gasteiger partial charge in [-0.15, -0.1) is 0 Å². The molecule has 4 nitrogen and oxygen atoms in total. The highest BCUT2D eigenvalue weighted by molar-refractivity contribution is 6.42. The van der Waals surface area contributed by atoms with Gasteiger partial charge in [-0.05, 0) is 48.5 Å². The van der Waals surface area contributed by atoms with Crippen LogP contribution in [0.2, 0.25) is 10.0 Å². The van der Waals surface area contributed by atoms with Crippen molar-refractivity contribution in [3.63, 3.8) is 0 Å². The van der Waals surface area contributed by atoms with Gasteiger partial charge in [-0.1, -0.05) is 23.2 Å². The Bertz CT molecular complexity index is 862. The molecular weight excluding hydrogens is 340 g/mol. The molecule has 1 N–H and O–H groups in total. The van der Waals surface area contributed by atoms with Crippen molar-refractivity contribution in [1.29, 1.82) is 0 Å². The summed E-state index contributed by atoms with van der Waals surface area (Å²) >= 11 is 11.7. The number of benzene rings is 2. The van der Waals surface area contributed by atoms with Gasteiger partial charge in [0.15, 0.2) is 5.69 Å². The smallest absolute Gasteiger partial charge is 0.276 e. The Morgan fingerprint density at radius 2 is 1.78 bits per heavy atom. The van der Waals surface area contributed by atoms with E-state index in [9.17, 15) is 9.18 Å². The van der Waals surface area contributed by atoms with Crippen LogP contribution in [0.1, 0.15) is 10.5 Å². The van der Waals surface area contributed by atoms with Gasteiger partial charge in [-0.25, -0.2) is 9.07 Å². The van der Waals surface area contributed by atoms with Crippen molar-refractivity contribution in [2.24, 2.45) is 0 Å². The molecule has 0 aliphatic carbocycles. The molecule has 0 saturated carbocycles. The molecule has 0 unspecified atom stereocenters. The SMILES string of the molecule is O=C(Nc1ccc(Cl)c(Cl)c1)c1ccn(-c2ccc(F)cc2)n1. The predicted octanol–water partition coefficient (Wildman–Crippen LogP) is 4.57. The molecule has 1 heterocycles. The van der Waals surface area contributed by atoms with E-state index >= 15 is 0 Å². The number of carbonyl (C=O) groups is 1. The van der Waals surface area contributed by atoms with E-state index < -0.39 is 0 Å². The van der Waals surface area contributed by atoms with Crippen LogP contribution in [0.4, 0.5) is 10.1 Å². The molecule has 3 rings (SSSR count). The van der Waals surface area contributed by atoms with Crippen LogP contribution in [-0.4, -0.2) is 15.7 Å². The molecule has 7 heteroatoms. The lowest BCUT2D eigenvalue weighted by molar-refractivity contribution is 0.102. The second-order valence-corrected chi connectivity index (χ2v) is 5.52. The van der Waals surface area contributed by atoms with Crippen LogP contribution < -0.4 is 5.32 Å². The quantitative estimate of drug-likeness (QED) is 0.752. The molecule has 0 fully saturated rings. The maximum Gasteiger partial charge on any atom is 0.276 e. The van der Waals surface area contributed by atoms with Gasteiger partial charge in [-0.2, -0.15) is 5.10 Å². The Hall–Kier alpha value is -2.37. The van der Waals surface area contributed by atoms with E-state index in [0.717, 1.165) is 0 Å². The summed E-state index contributed by atoms with van der Waals surface area (Å²) in [5, 5.41) is 7.61. The van der Waals surface area contributed by atoms with Gasteiger partial charge in [0.05, 0.1) is 15.7 Å². The first-order valence-electron chi connectivity index (χ1n) is 6.61. The Balaban J connectivity index is 1.78. The van der Waals surface area contributed by atoms with Gasteiger partial charge in [0.2, 0.25) is 0 Å². The van der Waals surface area contributed by atoms with Crippen molar-refractivity contribution in [2.45, 2.75) is 0 Å². The van der Waals surface area contributed by atoms with Crippen molar-refractivity contribution in [2.75, 3.05) is 5.32 Å². The number of hydrogen-bond acceptors (Lipinski definition) is 2. The lowest BCUT2D eigenvalue weighted by atomic mass is 10.3. The zero-order chi connectivity index (χ0) is 16.4. The summed E-state index contributed by atoms with van der Waals surface area (Å²) in [6.45, 7) is 0. The molecule has 0 radical (unpaired) electrons. The van der Waals surface area contributed by atoms with Gasteiger partial charge >= 0.3 is 0 Å². The molecule has 23 heavy (non-hydrogen) atoms. The molecular formula is C16H10Cl2FN3O. The minimum atomic E-state index is -0.385. The minimum Gasteiger partial charge on any atom is -0.321 e. The molecule has 1 aromatic heterocycles. The molecule has 3 aromatic rings. The van der Waals surface area contributed by atoms with Crippen LogP contribution in [0.3, 0.4) is 0 Å². The lowest BCUT2D eigenvalue weighted by Gasteiger charge is -2.05. The fourth-order valence-corrected chi connectivity index (χ4v) is 2.25. The number of aromatic nitrogens is 2. The third-order valence-corrected chi connectivity index (χ3v) is 3.83. The topological polar surface area (TPSA) is 46.9 Å². The second kappa shape index (κ2) is 6.40. The standard InChI is InChI=1S/C16H10Cl2FN3O/c17-13-6-3-11(9-14(13)18)20-16(23)15-7-8-22(21-15)12-4-1-10(19)2-5-12/h1-9H,(H,20,23). The Kier molecular flexibility index (Phi) is 4.32. The normalized spacial score (nSPS) is 10.6. The molecule has 0 spiro atoms. The summed E-state index contributed by atoms with van der Waals surface area (Å²) in [4.78, 5) is 12.2. The molecule has 0 atom stereocenters. The molecule has 0 saturated heterocycles. The highest BCUT2D eigenvalue weighted by Gasteiger charge is 2.11. The summed E-state index contributed by atoms with van der Waals surface area (Å²) in [6.07, 6.45) is 1.62. The van der Waals surface area contributed by atoms with Crippen molar-refractivity contribution in [1.82, 2.24) is 9.78 Å².